The van der Waals surface area contributed by atoms with Gasteiger partial charge in [-0.1, -0.05) is 23.7 Å². The third-order valence-electron chi connectivity index (χ3n) is 2.77. The van der Waals surface area contributed by atoms with Crippen LogP contribution >= 0.6 is 11.6 Å². The number of aromatic nitrogens is 1. The van der Waals surface area contributed by atoms with Crippen molar-refractivity contribution < 1.29 is 18.8 Å². The average Bonchev–Trinajstić information content (AvgIpc) is 2.74. The Kier molecular flexibility index (Phi) is 3.94. The number of halogens is 2. The molecule has 1 aromatic carbocycles. The molecule has 20 heavy (non-hydrogen) atoms. The van der Waals surface area contributed by atoms with Crippen LogP contribution in [0.2, 0.25) is 5.02 Å². The van der Waals surface area contributed by atoms with E-state index in [1.165, 1.54) is 0 Å². The number of phenols is 1. The molecule has 0 spiro atoms. The zero-order chi connectivity index (χ0) is 14.9. The molecule has 106 valence electrons. The van der Waals surface area contributed by atoms with Crippen LogP contribution in [-0.2, 0) is 6.42 Å². The van der Waals surface area contributed by atoms with Gasteiger partial charge in [0.1, 0.15) is 22.9 Å². The van der Waals surface area contributed by atoms with Gasteiger partial charge in [-0.15, -0.1) is 0 Å². The summed E-state index contributed by atoms with van der Waals surface area (Å²) >= 11 is 5.63. The van der Waals surface area contributed by atoms with Crippen molar-refractivity contribution in [2.45, 2.75) is 20.3 Å². The summed E-state index contributed by atoms with van der Waals surface area (Å²) in [5.41, 5.74) is 0.659. The number of nitrogens with zero attached hydrogens (tertiary/aromatic N) is 1. The number of aryl methyl sites for hydroxylation is 2. The van der Waals surface area contributed by atoms with Crippen LogP contribution in [0.15, 0.2) is 16.7 Å². The SMILES string of the molecule is CCc1onc(C)c1NC(=O)c1cc(F)cc(Cl)c1O. The molecule has 1 heterocycles. The van der Waals surface area contributed by atoms with E-state index in [0.717, 1.165) is 12.1 Å². The van der Waals surface area contributed by atoms with Gasteiger partial charge in [0.25, 0.3) is 5.91 Å². The summed E-state index contributed by atoms with van der Waals surface area (Å²) in [4.78, 5) is 12.1. The lowest BCUT2D eigenvalue weighted by Crippen LogP contribution is -2.14. The van der Waals surface area contributed by atoms with Gasteiger partial charge < -0.3 is 14.9 Å². The zero-order valence-corrected chi connectivity index (χ0v) is 11.6. The molecule has 2 aromatic rings. The topological polar surface area (TPSA) is 75.4 Å². The van der Waals surface area contributed by atoms with Crippen molar-refractivity contribution in [2.24, 2.45) is 0 Å². The molecule has 7 heteroatoms. The van der Waals surface area contributed by atoms with Gasteiger partial charge >= 0.3 is 0 Å². The molecule has 0 aliphatic carbocycles. The highest BCUT2D eigenvalue weighted by Crippen LogP contribution is 2.30. The number of rotatable bonds is 3. The third-order valence-corrected chi connectivity index (χ3v) is 3.05. The first kappa shape index (κ1) is 14.3. The molecule has 0 radical (unpaired) electrons. The fraction of sp³-hybridized carbons (Fsp3) is 0.231. The predicted octanol–water partition coefficient (Wildman–Crippen LogP) is 3.30. The number of benzene rings is 1. The number of anilines is 1. The Balaban J connectivity index is 2.36. The Bertz CT molecular complexity index is 670. The molecule has 0 fully saturated rings. The van der Waals surface area contributed by atoms with Gasteiger partial charge in [-0.05, 0) is 19.1 Å². The second-order valence-corrected chi connectivity index (χ2v) is 4.56. The molecule has 0 saturated heterocycles. The summed E-state index contributed by atoms with van der Waals surface area (Å²) in [6.45, 7) is 3.50. The van der Waals surface area contributed by atoms with Crippen LogP contribution in [0.4, 0.5) is 10.1 Å². The quantitative estimate of drug-likeness (QED) is 0.911. The number of hydrogen-bond donors (Lipinski definition) is 2. The molecule has 0 saturated carbocycles. The Hall–Kier alpha value is -2.08. The lowest BCUT2D eigenvalue weighted by molar-refractivity contribution is 0.102. The zero-order valence-electron chi connectivity index (χ0n) is 10.8. The first-order chi connectivity index (χ1) is 9.43. The Morgan fingerprint density at radius 1 is 1.55 bits per heavy atom. The first-order valence-electron chi connectivity index (χ1n) is 5.88. The molecule has 0 unspecified atom stereocenters. The summed E-state index contributed by atoms with van der Waals surface area (Å²) in [7, 11) is 0. The lowest BCUT2D eigenvalue weighted by atomic mass is 10.1. The van der Waals surface area contributed by atoms with Crippen LogP contribution in [0.5, 0.6) is 5.75 Å². The molecular weight excluding hydrogens is 287 g/mol. The van der Waals surface area contributed by atoms with Crippen molar-refractivity contribution in [3.8, 4) is 5.75 Å². The van der Waals surface area contributed by atoms with E-state index in [4.69, 9.17) is 16.1 Å². The van der Waals surface area contributed by atoms with Crippen molar-refractivity contribution in [1.82, 2.24) is 5.16 Å². The molecule has 0 atom stereocenters. The van der Waals surface area contributed by atoms with Crippen molar-refractivity contribution in [2.75, 3.05) is 5.32 Å². The van der Waals surface area contributed by atoms with Crippen LogP contribution < -0.4 is 5.32 Å². The Morgan fingerprint density at radius 2 is 2.25 bits per heavy atom. The van der Waals surface area contributed by atoms with Crippen molar-refractivity contribution in [3.05, 3.63) is 40.0 Å². The minimum atomic E-state index is -0.712. The monoisotopic (exact) mass is 298 g/mol. The number of phenolic OH excluding ortho intramolecular Hbond substituents is 1. The number of carbonyl (C=O) groups is 1. The van der Waals surface area contributed by atoms with Gasteiger partial charge in [0.2, 0.25) is 0 Å². The molecule has 5 nitrogen and oxygen atoms in total. The van der Waals surface area contributed by atoms with Gasteiger partial charge in [0, 0.05) is 6.42 Å². The summed E-state index contributed by atoms with van der Waals surface area (Å²) in [6, 6.07) is 1.83. The fourth-order valence-electron chi connectivity index (χ4n) is 1.74. The number of amides is 1. The van der Waals surface area contributed by atoms with Gasteiger partial charge in [-0.25, -0.2) is 4.39 Å². The highest BCUT2D eigenvalue weighted by Gasteiger charge is 2.19. The van der Waals surface area contributed by atoms with Gasteiger partial charge in [0.05, 0.1) is 10.6 Å². The van der Waals surface area contributed by atoms with Crippen LogP contribution in [0, 0.1) is 12.7 Å². The second kappa shape index (κ2) is 5.50. The molecule has 0 bridgehead atoms. The highest BCUT2D eigenvalue weighted by molar-refractivity contribution is 6.32. The van der Waals surface area contributed by atoms with Crippen LogP contribution in [-0.4, -0.2) is 16.2 Å². The van der Waals surface area contributed by atoms with Gasteiger partial charge in [0.15, 0.2) is 5.76 Å². The maximum atomic E-state index is 13.3. The summed E-state index contributed by atoms with van der Waals surface area (Å²) in [5, 5.41) is 15.8. The summed E-state index contributed by atoms with van der Waals surface area (Å²) in [6.07, 6.45) is 0.534. The van der Waals surface area contributed by atoms with Crippen LogP contribution in [0.1, 0.15) is 28.7 Å². The molecule has 2 rings (SSSR count). The molecule has 1 aromatic heterocycles. The summed E-state index contributed by atoms with van der Waals surface area (Å²) < 4.78 is 18.3. The largest absolute Gasteiger partial charge is 0.506 e. The molecular formula is C13H12ClFN2O3. The van der Waals surface area contributed by atoms with E-state index in [1.807, 2.05) is 6.92 Å². The smallest absolute Gasteiger partial charge is 0.259 e. The van der Waals surface area contributed by atoms with Crippen molar-refractivity contribution in [1.29, 1.82) is 0 Å². The fourth-order valence-corrected chi connectivity index (χ4v) is 1.94. The van der Waals surface area contributed by atoms with Crippen LogP contribution in [0.25, 0.3) is 0 Å². The van der Waals surface area contributed by atoms with E-state index < -0.39 is 17.5 Å². The standard InChI is InChI=1S/C13H12ClFN2O3/c1-3-10-11(6(2)17-20-10)16-13(19)8-4-7(15)5-9(14)12(8)18/h4-5,18H,3H2,1-2H3,(H,16,19). The number of carbonyl (C=O) groups excluding carboxylic acids is 1. The van der Waals surface area contributed by atoms with E-state index in [-0.39, 0.29) is 10.6 Å². The van der Waals surface area contributed by atoms with Crippen LogP contribution in [0.3, 0.4) is 0 Å². The number of hydrogen-bond acceptors (Lipinski definition) is 4. The third kappa shape index (κ3) is 2.60. The number of nitrogens with one attached hydrogen (secondary N) is 1. The van der Waals surface area contributed by atoms with E-state index >= 15 is 0 Å². The maximum absolute atomic E-state index is 13.3. The lowest BCUT2D eigenvalue weighted by Gasteiger charge is -2.08. The predicted molar refractivity (Wildman–Crippen MR) is 71.6 cm³/mol. The normalized spacial score (nSPS) is 10.6. The molecule has 0 aliphatic heterocycles. The minimum absolute atomic E-state index is 0.229. The van der Waals surface area contributed by atoms with E-state index in [1.54, 1.807) is 6.92 Å². The van der Waals surface area contributed by atoms with E-state index in [9.17, 15) is 14.3 Å². The van der Waals surface area contributed by atoms with E-state index in [0.29, 0.717) is 23.6 Å². The molecule has 1 amide bonds. The van der Waals surface area contributed by atoms with Crippen molar-refractivity contribution >= 4 is 23.2 Å². The Labute approximate surface area is 119 Å². The number of aromatic hydroxyl groups is 1. The first-order valence-corrected chi connectivity index (χ1v) is 6.26. The molecule has 2 N–H and O–H groups in total. The molecule has 0 aliphatic rings. The maximum Gasteiger partial charge on any atom is 0.259 e. The minimum Gasteiger partial charge on any atom is -0.506 e. The van der Waals surface area contributed by atoms with Crippen molar-refractivity contribution in [3.63, 3.8) is 0 Å². The second-order valence-electron chi connectivity index (χ2n) is 4.16. The van der Waals surface area contributed by atoms with Gasteiger partial charge in [-0.2, -0.15) is 0 Å². The Morgan fingerprint density at radius 3 is 2.90 bits per heavy atom. The average molecular weight is 299 g/mol. The van der Waals surface area contributed by atoms with E-state index in [2.05, 4.69) is 10.5 Å². The summed E-state index contributed by atoms with van der Waals surface area (Å²) in [5.74, 6) is -1.38. The highest BCUT2D eigenvalue weighted by atomic mass is 35.5. The van der Waals surface area contributed by atoms with Gasteiger partial charge in [-0.3, -0.25) is 4.79 Å².